The molecule has 90 valence electrons. The Morgan fingerprint density at radius 3 is 2.25 bits per heavy atom. The van der Waals surface area contributed by atoms with E-state index in [2.05, 4.69) is 72.8 Å². The van der Waals surface area contributed by atoms with Gasteiger partial charge in [0.2, 0.25) is 0 Å². The second-order valence-corrected chi connectivity index (χ2v) is 5.46. The molecular weight excluding hydrogens is 262 g/mol. The molecule has 0 heterocycles. The van der Waals surface area contributed by atoms with Crippen molar-refractivity contribution in [1.29, 1.82) is 0 Å². The molecule has 1 rings (SSSR count). The van der Waals surface area contributed by atoms with Gasteiger partial charge < -0.3 is 4.90 Å². The Balaban J connectivity index is 3.00. The summed E-state index contributed by atoms with van der Waals surface area (Å²) in [5.74, 6) is 0.686. The molecule has 0 N–H and O–H groups in total. The number of halogens is 1. The van der Waals surface area contributed by atoms with E-state index >= 15 is 0 Å². The van der Waals surface area contributed by atoms with Gasteiger partial charge in [-0.1, -0.05) is 48.0 Å². The molecule has 0 spiro atoms. The van der Waals surface area contributed by atoms with Crippen LogP contribution in [0.25, 0.3) is 0 Å². The third-order valence-corrected chi connectivity index (χ3v) is 3.23. The minimum Gasteiger partial charge on any atom is -0.369 e. The van der Waals surface area contributed by atoms with E-state index in [-0.39, 0.29) is 0 Å². The maximum atomic E-state index is 3.57. The van der Waals surface area contributed by atoms with Crippen LogP contribution in [-0.2, 0) is 5.33 Å². The first-order chi connectivity index (χ1) is 7.56. The van der Waals surface area contributed by atoms with Gasteiger partial charge in [0.15, 0.2) is 0 Å². The van der Waals surface area contributed by atoms with Crippen molar-refractivity contribution in [2.24, 2.45) is 5.92 Å². The van der Waals surface area contributed by atoms with E-state index in [0.717, 1.165) is 11.9 Å². The smallest absolute Gasteiger partial charge is 0.0409 e. The normalized spacial score (nSPS) is 11.2. The number of alkyl halides is 1. The Morgan fingerprint density at radius 2 is 1.75 bits per heavy atom. The predicted octanol–water partition coefficient (Wildman–Crippen LogP) is 4.45. The molecular formula is C14H22BrN. The minimum absolute atomic E-state index is 0.544. The van der Waals surface area contributed by atoms with Gasteiger partial charge in [0.25, 0.3) is 0 Å². The molecule has 0 saturated heterocycles. The zero-order chi connectivity index (χ0) is 12.1. The highest BCUT2D eigenvalue weighted by atomic mass is 79.9. The molecule has 0 amide bonds. The maximum Gasteiger partial charge on any atom is 0.0409 e. The van der Waals surface area contributed by atoms with Gasteiger partial charge in [-0.2, -0.15) is 0 Å². The van der Waals surface area contributed by atoms with Crippen LogP contribution in [0.15, 0.2) is 24.3 Å². The summed E-state index contributed by atoms with van der Waals surface area (Å²) in [7, 11) is 0. The molecule has 0 aliphatic carbocycles. The van der Waals surface area contributed by atoms with Crippen molar-refractivity contribution < 1.29 is 0 Å². The number of anilines is 1. The fraction of sp³-hybridized carbons (Fsp3) is 0.571. The van der Waals surface area contributed by atoms with Crippen molar-refractivity contribution >= 4 is 21.6 Å². The molecule has 16 heavy (non-hydrogen) atoms. The van der Waals surface area contributed by atoms with Crippen molar-refractivity contribution in [3.05, 3.63) is 29.8 Å². The maximum absolute atomic E-state index is 3.57. The van der Waals surface area contributed by atoms with E-state index < -0.39 is 0 Å². The Kier molecular flexibility index (Phi) is 5.33. The van der Waals surface area contributed by atoms with E-state index in [4.69, 9.17) is 0 Å². The van der Waals surface area contributed by atoms with Crippen LogP contribution in [0, 0.1) is 5.92 Å². The zero-order valence-electron chi connectivity index (χ0n) is 10.7. The van der Waals surface area contributed by atoms with Gasteiger partial charge in [-0.05, 0) is 31.4 Å². The zero-order valence-corrected chi connectivity index (χ0v) is 12.3. The van der Waals surface area contributed by atoms with E-state index in [1.165, 1.54) is 11.3 Å². The molecule has 1 aromatic rings. The number of hydrogen-bond acceptors (Lipinski definition) is 1. The summed E-state index contributed by atoms with van der Waals surface area (Å²) in [6.07, 6.45) is 0. The highest BCUT2D eigenvalue weighted by Crippen LogP contribution is 2.25. The fourth-order valence-electron chi connectivity index (χ4n) is 1.88. The van der Waals surface area contributed by atoms with Gasteiger partial charge in [0.1, 0.15) is 0 Å². The summed E-state index contributed by atoms with van der Waals surface area (Å²) >= 11 is 3.57. The minimum atomic E-state index is 0.544. The summed E-state index contributed by atoms with van der Waals surface area (Å²) in [5, 5.41) is 0.921. The van der Waals surface area contributed by atoms with Crippen molar-refractivity contribution in [2.45, 2.75) is 39.1 Å². The van der Waals surface area contributed by atoms with Crippen molar-refractivity contribution in [3.63, 3.8) is 0 Å². The lowest BCUT2D eigenvalue weighted by Gasteiger charge is -2.32. The van der Waals surface area contributed by atoms with Crippen LogP contribution in [0.5, 0.6) is 0 Å². The van der Waals surface area contributed by atoms with Crippen molar-refractivity contribution in [1.82, 2.24) is 0 Å². The van der Waals surface area contributed by atoms with Crippen LogP contribution in [0.4, 0.5) is 5.69 Å². The first-order valence-corrected chi connectivity index (χ1v) is 7.09. The summed E-state index contributed by atoms with van der Waals surface area (Å²) in [5.41, 5.74) is 2.74. The Hall–Kier alpha value is -0.500. The first kappa shape index (κ1) is 13.6. The van der Waals surface area contributed by atoms with E-state index in [1.54, 1.807) is 0 Å². The number of nitrogens with zero attached hydrogens (tertiary/aromatic N) is 1. The lowest BCUT2D eigenvalue weighted by atomic mass is 10.1. The van der Waals surface area contributed by atoms with Gasteiger partial charge in [-0.3, -0.25) is 0 Å². The SMILES string of the molecule is CC(C)CN(c1ccccc1CBr)C(C)C. The standard InChI is InChI=1S/C14H22BrN/c1-11(2)10-16(12(3)4)14-8-6-5-7-13(14)9-15/h5-8,11-12H,9-10H2,1-4H3. The van der Waals surface area contributed by atoms with Crippen LogP contribution in [-0.4, -0.2) is 12.6 Å². The third kappa shape index (κ3) is 3.51. The largest absolute Gasteiger partial charge is 0.369 e. The van der Waals surface area contributed by atoms with Crippen LogP contribution >= 0.6 is 15.9 Å². The van der Waals surface area contributed by atoms with E-state index in [9.17, 15) is 0 Å². The highest BCUT2D eigenvalue weighted by molar-refractivity contribution is 9.08. The topological polar surface area (TPSA) is 3.24 Å². The van der Waals surface area contributed by atoms with Gasteiger partial charge >= 0.3 is 0 Å². The highest BCUT2D eigenvalue weighted by Gasteiger charge is 2.14. The average molecular weight is 284 g/mol. The number of rotatable bonds is 5. The second kappa shape index (κ2) is 6.29. The molecule has 0 unspecified atom stereocenters. The molecule has 0 bridgehead atoms. The van der Waals surface area contributed by atoms with Gasteiger partial charge in [0.05, 0.1) is 0 Å². The fourth-order valence-corrected chi connectivity index (χ4v) is 2.36. The summed E-state index contributed by atoms with van der Waals surface area (Å²) in [4.78, 5) is 2.49. The summed E-state index contributed by atoms with van der Waals surface area (Å²) in [6, 6.07) is 9.19. The first-order valence-electron chi connectivity index (χ1n) is 5.96. The molecule has 0 atom stereocenters. The van der Waals surface area contributed by atoms with E-state index in [0.29, 0.717) is 12.0 Å². The second-order valence-electron chi connectivity index (χ2n) is 4.90. The van der Waals surface area contributed by atoms with Crippen molar-refractivity contribution in [3.8, 4) is 0 Å². The molecule has 0 fully saturated rings. The molecule has 1 aromatic carbocycles. The molecule has 2 heteroatoms. The molecule has 1 nitrogen and oxygen atoms in total. The average Bonchev–Trinajstić information content (AvgIpc) is 2.25. The summed E-state index contributed by atoms with van der Waals surface area (Å²) in [6.45, 7) is 10.2. The lowest BCUT2D eigenvalue weighted by Crippen LogP contribution is -2.34. The quantitative estimate of drug-likeness (QED) is 0.722. The Bertz CT molecular complexity index is 320. The molecule has 0 aliphatic rings. The Labute approximate surface area is 108 Å². The number of hydrogen-bond donors (Lipinski definition) is 0. The summed E-state index contributed by atoms with van der Waals surface area (Å²) < 4.78 is 0. The van der Waals surface area contributed by atoms with Crippen LogP contribution in [0.1, 0.15) is 33.3 Å². The van der Waals surface area contributed by atoms with E-state index in [1.807, 2.05) is 0 Å². The van der Waals surface area contributed by atoms with Gasteiger partial charge in [-0.25, -0.2) is 0 Å². The van der Waals surface area contributed by atoms with Crippen LogP contribution in [0.3, 0.4) is 0 Å². The molecule has 0 aliphatic heterocycles. The van der Waals surface area contributed by atoms with Gasteiger partial charge in [0, 0.05) is 23.6 Å². The molecule has 0 aromatic heterocycles. The molecule has 0 radical (unpaired) electrons. The van der Waals surface area contributed by atoms with Crippen molar-refractivity contribution in [2.75, 3.05) is 11.4 Å². The van der Waals surface area contributed by atoms with Gasteiger partial charge in [-0.15, -0.1) is 0 Å². The molecule has 0 saturated carbocycles. The predicted molar refractivity (Wildman–Crippen MR) is 76.4 cm³/mol. The van der Waals surface area contributed by atoms with Crippen LogP contribution in [0.2, 0.25) is 0 Å². The Morgan fingerprint density at radius 1 is 1.12 bits per heavy atom. The third-order valence-electron chi connectivity index (χ3n) is 2.63. The monoisotopic (exact) mass is 283 g/mol. The number of para-hydroxylation sites is 1. The van der Waals surface area contributed by atoms with Crippen LogP contribution < -0.4 is 4.90 Å². The lowest BCUT2D eigenvalue weighted by molar-refractivity contribution is 0.570. The number of benzene rings is 1.